The minimum Gasteiger partial charge on any atom is -0.394 e. The molecule has 0 spiro atoms. The van der Waals surface area contributed by atoms with Gasteiger partial charge in [0, 0.05) is 0 Å². The van der Waals surface area contributed by atoms with E-state index in [0.29, 0.717) is 4.57 Å². The summed E-state index contributed by atoms with van der Waals surface area (Å²) in [6, 6.07) is 0. The number of rotatable bonds is 2. The fourth-order valence-corrected chi connectivity index (χ4v) is 2.02. The van der Waals surface area contributed by atoms with E-state index in [1.807, 2.05) is 0 Å². The van der Waals surface area contributed by atoms with E-state index in [1.54, 1.807) is 0 Å². The number of nitrogens with two attached hydrogens (primary N) is 1. The Morgan fingerprint density at radius 3 is 2.84 bits per heavy atom. The van der Waals surface area contributed by atoms with E-state index in [0.717, 1.165) is 6.20 Å². The Labute approximate surface area is 106 Å². The second kappa shape index (κ2) is 4.53. The highest BCUT2D eigenvalue weighted by Gasteiger charge is 2.53. The van der Waals surface area contributed by atoms with Crippen LogP contribution in [0.4, 0.5) is 10.2 Å². The topological polar surface area (TPSA) is 131 Å². The molecule has 0 saturated carbocycles. The predicted octanol–water partition coefficient (Wildman–Crippen LogP) is -2.03. The maximum atomic E-state index is 13.3. The van der Waals surface area contributed by atoms with Crippen LogP contribution in [0.3, 0.4) is 0 Å². The van der Waals surface area contributed by atoms with Crippen LogP contribution in [-0.2, 0) is 4.74 Å². The summed E-state index contributed by atoms with van der Waals surface area (Å²) in [5.74, 6) is -1.53. The van der Waals surface area contributed by atoms with Crippen molar-refractivity contribution in [3.8, 4) is 0 Å². The fourth-order valence-electron chi connectivity index (χ4n) is 2.02. The lowest BCUT2D eigenvalue weighted by atomic mass is 9.96. The molecule has 1 aliphatic rings. The van der Waals surface area contributed by atoms with Crippen LogP contribution in [0.15, 0.2) is 11.0 Å². The third-order valence-electron chi connectivity index (χ3n) is 3.12. The summed E-state index contributed by atoms with van der Waals surface area (Å²) < 4.78 is 19.2. The van der Waals surface area contributed by atoms with E-state index in [-0.39, 0.29) is 0 Å². The summed E-state index contributed by atoms with van der Waals surface area (Å²) >= 11 is 0. The molecule has 4 atom stereocenters. The molecule has 0 bridgehead atoms. The molecule has 106 valence electrons. The SMILES string of the molecule is C[C@]1(O)C(n2cc(F)c(N)nc2=O)O[C@H](CO)[C@H]1O. The van der Waals surface area contributed by atoms with Crippen LogP contribution >= 0.6 is 0 Å². The van der Waals surface area contributed by atoms with Crippen LogP contribution in [0.2, 0.25) is 0 Å². The van der Waals surface area contributed by atoms with Gasteiger partial charge in [-0.15, -0.1) is 0 Å². The molecule has 1 aliphatic heterocycles. The van der Waals surface area contributed by atoms with Crippen LogP contribution in [0.1, 0.15) is 13.2 Å². The normalized spacial score (nSPS) is 34.7. The Balaban J connectivity index is 2.48. The number of ether oxygens (including phenoxy) is 1. The molecule has 2 heterocycles. The number of anilines is 1. The molecular formula is C10H14FN3O5. The van der Waals surface area contributed by atoms with E-state index < -0.39 is 48.0 Å². The monoisotopic (exact) mass is 275 g/mol. The van der Waals surface area contributed by atoms with Gasteiger partial charge in [-0.25, -0.2) is 9.18 Å². The molecule has 2 rings (SSSR count). The smallest absolute Gasteiger partial charge is 0.351 e. The first-order valence-electron chi connectivity index (χ1n) is 5.50. The zero-order valence-electron chi connectivity index (χ0n) is 10.0. The van der Waals surface area contributed by atoms with Crippen molar-refractivity contribution in [2.24, 2.45) is 0 Å². The van der Waals surface area contributed by atoms with E-state index in [9.17, 15) is 19.4 Å². The molecule has 0 radical (unpaired) electrons. The van der Waals surface area contributed by atoms with Gasteiger partial charge >= 0.3 is 5.69 Å². The Bertz CT molecular complexity index is 546. The van der Waals surface area contributed by atoms with Gasteiger partial charge in [0.25, 0.3) is 0 Å². The average molecular weight is 275 g/mol. The second-order valence-electron chi connectivity index (χ2n) is 4.54. The number of aliphatic hydroxyl groups excluding tert-OH is 2. The van der Waals surface area contributed by atoms with Crippen molar-refractivity contribution in [2.75, 3.05) is 12.3 Å². The summed E-state index contributed by atoms with van der Waals surface area (Å²) in [6.07, 6.45) is -3.17. The van der Waals surface area contributed by atoms with Gasteiger partial charge in [-0.05, 0) is 6.92 Å². The highest BCUT2D eigenvalue weighted by molar-refractivity contribution is 5.26. The lowest BCUT2D eigenvalue weighted by molar-refractivity contribution is -0.0990. The first-order chi connectivity index (χ1) is 8.78. The van der Waals surface area contributed by atoms with Crippen LogP contribution in [-0.4, -0.2) is 49.3 Å². The molecule has 1 fully saturated rings. The number of nitrogens with zero attached hydrogens (tertiary/aromatic N) is 2. The van der Waals surface area contributed by atoms with Gasteiger partial charge in [-0.1, -0.05) is 0 Å². The molecular weight excluding hydrogens is 261 g/mol. The molecule has 0 aliphatic carbocycles. The highest BCUT2D eigenvalue weighted by atomic mass is 19.1. The number of aromatic nitrogens is 2. The van der Waals surface area contributed by atoms with Crippen molar-refractivity contribution in [1.29, 1.82) is 0 Å². The largest absolute Gasteiger partial charge is 0.394 e. The van der Waals surface area contributed by atoms with Gasteiger partial charge in [-0.3, -0.25) is 4.57 Å². The van der Waals surface area contributed by atoms with E-state index in [2.05, 4.69) is 4.98 Å². The zero-order valence-corrected chi connectivity index (χ0v) is 10.0. The van der Waals surface area contributed by atoms with Gasteiger partial charge < -0.3 is 25.8 Å². The molecule has 1 unspecified atom stereocenters. The van der Waals surface area contributed by atoms with Crippen molar-refractivity contribution in [3.05, 3.63) is 22.5 Å². The third kappa shape index (κ3) is 2.10. The molecule has 9 heteroatoms. The number of halogens is 1. The van der Waals surface area contributed by atoms with Gasteiger partial charge in [0.2, 0.25) is 0 Å². The van der Waals surface area contributed by atoms with Crippen molar-refractivity contribution in [1.82, 2.24) is 9.55 Å². The Hall–Kier alpha value is -1.55. The van der Waals surface area contributed by atoms with Gasteiger partial charge in [0.05, 0.1) is 12.8 Å². The molecule has 1 saturated heterocycles. The number of hydrogen-bond acceptors (Lipinski definition) is 7. The Kier molecular flexibility index (Phi) is 3.31. The lowest BCUT2D eigenvalue weighted by Gasteiger charge is -2.27. The Morgan fingerprint density at radius 1 is 1.68 bits per heavy atom. The predicted molar refractivity (Wildman–Crippen MR) is 60.5 cm³/mol. The van der Waals surface area contributed by atoms with Gasteiger partial charge in [0.15, 0.2) is 17.9 Å². The van der Waals surface area contributed by atoms with E-state index in [4.69, 9.17) is 15.6 Å². The summed E-state index contributed by atoms with van der Waals surface area (Å²) in [4.78, 5) is 14.9. The van der Waals surface area contributed by atoms with Crippen molar-refractivity contribution in [3.63, 3.8) is 0 Å². The molecule has 1 aromatic rings. The minimum absolute atomic E-state index is 0.562. The van der Waals surface area contributed by atoms with E-state index in [1.165, 1.54) is 6.92 Å². The van der Waals surface area contributed by atoms with Crippen molar-refractivity contribution < 1.29 is 24.4 Å². The number of hydrogen-bond donors (Lipinski definition) is 4. The second-order valence-corrected chi connectivity index (χ2v) is 4.54. The summed E-state index contributed by atoms with van der Waals surface area (Å²) in [7, 11) is 0. The van der Waals surface area contributed by atoms with Gasteiger partial charge in [0.1, 0.15) is 17.8 Å². The zero-order chi connectivity index (χ0) is 14.4. The summed E-state index contributed by atoms with van der Waals surface area (Å²) in [5, 5.41) is 28.9. The third-order valence-corrected chi connectivity index (χ3v) is 3.12. The lowest BCUT2D eigenvalue weighted by Crippen LogP contribution is -2.46. The van der Waals surface area contributed by atoms with Gasteiger partial charge in [-0.2, -0.15) is 4.98 Å². The molecule has 5 N–H and O–H groups in total. The fraction of sp³-hybridized carbons (Fsp3) is 0.600. The first-order valence-corrected chi connectivity index (χ1v) is 5.50. The molecule has 8 nitrogen and oxygen atoms in total. The average Bonchev–Trinajstić information content (AvgIpc) is 2.56. The quantitative estimate of drug-likeness (QED) is 0.489. The molecule has 19 heavy (non-hydrogen) atoms. The van der Waals surface area contributed by atoms with Crippen LogP contribution in [0, 0.1) is 5.82 Å². The standard InChI is InChI=1S/C10H14FN3O5/c1-10(18)6(16)5(3-15)19-8(10)14-2-4(11)7(12)13-9(14)17/h2,5-6,8,15-16,18H,3H2,1H3,(H2,12,13,17)/t5-,6-,8?,10-/m1/s1. The maximum absolute atomic E-state index is 13.3. The van der Waals surface area contributed by atoms with Crippen LogP contribution in [0.25, 0.3) is 0 Å². The Morgan fingerprint density at radius 2 is 2.32 bits per heavy atom. The van der Waals surface area contributed by atoms with E-state index >= 15 is 0 Å². The minimum atomic E-state index is -1.89. The number of aliphatic hydroxyl groups is 3. The van der Waals surface area contributed by atoms with Crippen molar-refractivity contribution >= 4 is 5.82 Å². The summed E-state index contributed by atoms with van der Waals surface area (Å²) in [6.45, 7) is 0.645. The van der Waals surface area contributed by atoms with Crippen LogP contribution < -0.4 is 11.4 Å². The highest BCUT2D eigenvalue weighted by Crippen LogP contribution is 2.37. The number of nitrogen functional groups attached to an aromatic ring is 1. The molecule has 0 aromatic carbocycles. The summed E-state index contributed by atoms with van der Waals surface area (Å²) in [5.41, 5.74) is 2.32. The van der Waals surface area contributed by atoms with Crippen LogP contribution in [0.5, 0.6) is 0 Å². The molecule has 1 aromatic heterocycles. The first kappa shape index (κ1) is 13.9. The van der Waals surface area contributed by atoms with Crippen molar-refractivity contribution in [2.45, 2.75) is 31.0 Å². The maximum Gasteiger partial charge on any atom is 0.351 e. The molecule has 0 amide bonds.